The molecule has 0 aliphatic rings. The standard InChI is InChI=1S/C8H12N4O2S/c1-3-7(4-9)15(13,14)12-8-6(2)5-10-11-8/h5,7H,3H2,1-2H3,(H2,10,11,12). The molecule has 1 aromatic rings. The monoisotopic (exact) mass is 228 g/mol. The molecular weight excluding hydrogens is 216 g/mol. The highest BCUT2D eigenvalue weighted by Crippen LogP contribution is 2.14. The topological polar surface area (TPSA) is 98.6 Å². The number of aromatic nitrogens is 2. The number of aromatic amines is 1. The molecule has 1 rings (SSSR count). The minimum atomic E-state index is -3.65. The quantitative estimate of drug-likeness (QED) is 0.794. The van der Waals surface area contributed by atoms with Crippen LogP contribution < -0.4 is 4.72 Å². The van der Waals surface area contributed by atoms with Crippen molar-refractivity contribution in [2.45, 2.75) is 25.5 Å². The molecule has 0 radical (unpaired) electrons. The van der Waals surface area contributed by atoms with Gasteiger partial charge in [0.25, 0.3) is 0 Å². The minimum absolute atomic E-state index is 0.249. The molecule has 0 aliphatic carbocycles. The minimum Gasteiger partial charge on any atom is -0.266 e. The third-order valence-corrected chi connectivity index (χ3v) is 3.64. The van der Waals surface area contributed by atoms with Crippen LogP contribution in [0.5, 0.6) is 0 Å². The highest BCUT2D eigenvalue weighted by Gasteiger charge is 2.24. The summed E-state index contributed by atoms with van der Waals surface area (Å²) in [6, 6.07) is 1.74. The summed E-state index contributed by atoms with van der Waals surface area (Å²) in [5.41, 5.74) is 0.686. The van der Waals surface area contributed by atoms with Gasteiger partial charge >= 0.3 is 0 Å². The van der Waals surface area contributed by atoms with Crippen molar-refractivity contribution in [3.63, 3.8) is 0 Å². The third kappa shape index (κ3) is 2.47. The van der Waals surface area contributed by atoms with E-state index in [0.29, 0.717) is 11.4 Å². The normalized spacial score (nSPS) is 13.1. The Balaban J connectivity index is 2.92. The van der Waals surface area contributed by atoms with E-state index < -0.39 is 15.3 Å². The molecule has 82 valence electrons. The maximum Gasteiger partial charge on any atom is 0.250 e. The fourth-order valence-electron chi connectivity index (χ4n) is 1.04. The van der Waals surface area contributed by atoms with Gasteiger partial charge in [-0.25, -0.2) is 8.42 Å². The molecule has 0 amide bonds. The molecule has 2 N–H and O–H groups in total. The van der Waals surface area contributed by atoms with Crippen molar-refractivity contribution in [2.75, 3.05) is 4.72 Å². The van der Waals surface area contributed by atoms with Crippen LogP contribution in [0.3, 0.4) is 0 Å². The van der Waals surface area contributed by atoms with Gasteiger partial charge in [-0.1, -0.05) is 6.92 Å². The number of hydrogen-bond acceptors (Lipinski definition) is 4. The van der Waals surface area contributed by atoms with Crippen LogP contribution in [0.1, 0.15) is 18.9 Å². The molecule has 6 nitrogen and oxygen atoms in total. The number of nitrogens with one attached hydrogen (secondary N) is 2. The Morgan fingerprint density at radius 1 is 1.73 bits per heavy atom. The van der Waals surface area contributed by atoms with Crippen molar-refractivity contribution in [1.29, 1.82) is 5.26 Å². The summed E-state index contributed by atoms with van der Waals surface area (Å²) < 4.78 is 25.6. The molecule has 0 fully saturated rings. The van der Waals surface area contributed by atoms with E-state index in [-0.39, 0.29) is 6.42 Å². The van der Waals surface area contributed by atoms with Crippen LogP contribution in [0.25, 0.3) is 0 Å². The van der Waals surface area contributed by atoms with Crippen LogP contribution in [0.15, 0.2) is 6.20 Å². The number of sulfonamides is 1. The first-order valence-corrected chi connectivity index (χ1v) is 5.97. The molecule has 0 saturated heterocycles. The second-order valence-corrected chi connectivity index (χ2v) is 4.96. The fraction of sp³-hybridized carbons (Fsp3) is 0.500. The summed E-state index contributed by atoms with van der Waals surface area (Å²) >= 11 is 0. The number of rotatable bonds is 4. The largest absolute Gasteiger partial charge is 0.266 e. The van der Waals surface area contributed by atoms with Gasteiger partial charge in [0.15, 0.2) is 5.25 Å². The van der Waals surface area contributed by atoms with E-state index in [1.807, 2.05) is 0 Å². The van der Waals surface area contributed by atoms with E-state index >= 15 is 0 Å². The predicted octanol–water partition coefficient (Wildman–Crippen LogP) is 0.762. The predicted molar refractivity (Wildman–Crippen MR) is 55.6 cm³/mol. The first-order chi connectivity index (χ1) is 7.01. The van der Waals surface area contributed by atoms with Gasteiger partial charge in [0.1, 0.15) is 5.82 Å². The van der Waals surface area contributed by atoms with Crippen LogP contribution in [-0.2, 0) is 10.0 Å². The third-order valence-electron chi connectivity index (χ3n) is 1.96. The van der Waals surface area contributed by atoms with Gasteiger partial charge in [0.2, 0.25) is 10.0 Å². The van der Waals surface area contributed by atoms with Crippen molar-refractivity contribution >= 4 is 15.8 Å². The summed E-state index contributed by atoms with van der Waals surface area (Å²) in [6.45, 7) is 3.36. The number of hydrogen-bond donors (Lipinski definition) is 2. The summed E-state index contributed by atoms with van der Waals surface area (Å²) in [5, 5.41) is 13.8. The van der Waals surface area contributed by atoms with E-state index in [0.717, 1.165) is 0 Å². The first kappa shape index (κ1) is 11.5. The van der Waals surface area contributed by atoms with Crippen molar-refractivity contribution in [3.8, 4) is 6.07 Å². The molecule has 0 saturated carbocycles. The Labute approximate surface area is 88.4 Å². The highest BCUT2D eigenvalue weighted by atomic mass is 32.2. The van der Waals surface area contributed by atoms with E-state index in [4.69, 9.17) is 5.26 Å². The Bertz CT molecular complexity index is 471. The molecule has 15 heavy (non-hydrogen) atoms. The summed E-state index contributed by atoms with van der Waals surface area (Å²) in [6.07, 6.45) is 1.75. The van der Waals surface area contributed by atoms with Crippen molar-refractivity contribution in [1.82, 2.24) is 10.2 Å². The Kier molecular flexibility index (Phi) is 3.31. The lowest BCUT2D eigenvalue weighted by Crippen LogP contribution is -2.26. The van der Waals surface area contributed by atoms with Crippen molar-refractivity contribution < 1.29 is 8.42 Å². The lowest BCUT2D eigenvalue weighted by Gasteiger charge is -2.09. The fourth-order valence-corrected chi connectivity index (χ4v) is 2.25. The van der Waals surface area contributed by atoms with E-state index in [1.54, 1.807) is 19.9 Å². The van der Waals surface area contributed by atoms with Gasteiger partial charge in [-0.3, -0.25) is 9.82 Å². The average Bonchev–Trinajstić information content (AvgIpc) is 2.52. The summed E-state index contributed by atoms with van der Waals surface area (Å²) in [4.78, 5) is 0. The van der Waals surface area contributed by atoms with Crippen molar-refractivity contribution in [3.05, 3.63) is 11.8 Å². The maximum absolute atomic E-state index is 11.6. The molecule has 0 aromatic carbocycles. The number of anilines is 1. The molecular formula is C8H12N4O2S. The zero-order valence-electron chi connectivity index (χ0n) is 8.48. The van der Waals surface area contributed by atoms with Crippen molar-refractivity contribution in [2.24, 2.45) is 0 Å². The van der Waals surface area contributed by atoms with E-state index in [9.17, 15) is 8.42 Å². The number of nitriles is 1. The average molecular weight is 228 g/mol. The molecule has 1 heterocycles. The van der Waals surface area contributed by atoms with Crippen LogP contribution >= 0.6 is 0 Å². The maximum atomic E-state index is 11.6. The number of nitrogens with zero attached hydrogens (tertiary/aromatic N) is 2. The van der Waals surface area contributed by atoms with E-state index in [1.165, 1.54) is 6.20 Å². The Morgan fingerprint density at radius 2 is 2.40 bits per heavy atom. The summed E-state index contributed by atoms with van der Waals surface area (Å²) in [5.74, 6) is 0.309. The zero-order valence-corrected chi connectivity index (χ0v) is 9.30. The zero-order chi connectivity index (χ0) is 11.5. The molecule has 1 unspecified atom stereocenters. The van der Waals surface area contributed by atoms with Gasteiger partial charge in [0, 0.05) is 5.56 Å². The van der Waals surface area contributed by atoms with Gasteiger partial charge in [-0.2, -0.15) is 10.4 Å². The van der Waals surface area contributed by atoms with Gasteiger partial charge in [0.05, 0.1) is 12.3 Å². The van der Waals surface area contributed by atoms with Crippen LogP contribution in [-0.4, -0.2) is 23.9 Å². The van der Waals surface area contributed by atoms with Gasteiger partial charge in [-0.05, 0) is 13.3 Å². The molecule has 7 heteroatoms. The Morgan fingerprint density at radius 3 is 2.80 bits per heavy atom. The summed E-state index contributed by atoms with van der Waals surface area (Å²) in [7, 11) is -3.65. The van der Waals surface area contributed by atoms with Crippen LogP contribution in [0, 0.1) is 18.3 Å². The molecule has 1 atom stereocenters. The molecule has 0 spiro atoms. The van der Waals surface area contributed by atoms with Crippen LogP contribution in [0.4, 0.5) is 5.82 Å². The smallest absolute Gasteiger partial charge is 0.250 e. The van der Waals surface area contributed by atoms with E-state index in [2.05, 4.69) is 14.9 Å². The van der Waals surface area contributed by atoms with Gasteiger partial charge in [-0.15, -0.1) is 0 Å². The molecule has 0 bridgehead atoms. The first-order valence-electron chi connectivity index (χ1n) is 4.42. The lowest BCUT2D eigenvalue weighted by atomic mass is 10.4. The molecule has 1 aromatic heterocycles. The lowest BCUT2D eigenvalue weighted by molar-refractivity contribution is 0.592. The Hall–Kier alpha value is -1.55. The number of aryl methyl sites for hydroxylation is 1. The molecule has 0 aliphatic heterocycles. The highest BCUT2D eigenvalue weighted by molar-refractivity contribution is 7.93. The van der Waals surface area contributed by atoms with Crippen LogP contribution in [0.2, 0.25) is 0 Å². The SMILES string of the molecule is CCC(C#N)S(=O)(=O)Nc1[nH]ncc1C. The number of H-pyrrole nitrogens is 1. The van der Waals surface area contributed by atoms with Gasteiger partial charge < -0.3 is 0 Å². The second-order valence-electron chi connectivity index (χ2n) is 3.10. The second kappa shape index (κ2) is 4.31.